The van der Waals surface area contributed by atoms with E-state index in [9.17, 15) is 9.90 Å². The van der Waals surface area contributed by atoms with Crippen molar-refractivity contribution < 1.29 is 5.11 Å². The monoisotopic (exact) mass is 220 g/mol. The van der Waals surface area contributed by atoms with E-state index in [1.807, 2.05) is 0 Å². The lowest BCUT2D eigenvalue weighted by atomic mass is 10.2. The first-order chi connectivity index (χ1) is 7.61. The van der Waals surface area contributed by atoms with E-state index in [1.165, 1.54) is 0 Å². The van der Waals surface area contributed by atoms with Gasteiger partial charge in [0.25, 0.3) is 5.56 Å². The minimum absolute atomic E-state index is 0.217. The second-order valence-electron chi connectivity index (χ2n) is 3.47. The maximum absolute atomic E-state index is 11.6. The molecular weight excluding hydrogens is 208 g/mol. The first-order valence-electron chi connectivity index (χ1n) is 4.93. The Bertz CT molecular complexity index is 570. The predicted octanol–water partition coefficient (Wildman–Crippen LogP) is 0.438. The number of H-pyrrole nitrogens is 1. The highest BCUT2D eigenvalue weighted by molar-refractivity contribution is 5.52. The van der Waals surface area contributed by atoms with Crippen molar-refractivity contribution in [2.24, 2.45) is 7.05 Å². The van der Waals surface area contributed by atoms with Gasteiger partial charge in [-0.1, -0.05) is 6.92 Å². The van der Waals surface area contributed by atoms with Gasteiger partial charge >= 0.3 is 0 Å². The van der Waals surface area contributed by atoms with Crippen molar-refractivity contribution in [3.63, 3.8) is 0 Å². The molecule has 0 saturated heterocycles. The van der Waals surface area contributed by atoms with Crippen LogP contribution in [0.2, 0.25) is 0 Å². The molecule has 0 saturated carbocycles. The summed E-state index contributed by atoms with van der Waals surface area (Å²) in [6.07, 6.45) is 3.73. The lowest BCUT2D eigenvalue weighted by molar-refractivity contribution is 0.444. The number of hydrogen-bond acceptors (Lipinski definition) is 4. The molecule has 0 aliphatic carbocycles. The maximum Gasteiger partial charge on any atom is 0.258 e. The van der Waals surface area contributed by atoms with Crippen molar-refractivity contribution in [3.8, 4) is 17.3 Å². The first-order valence-corrected chi connectivity index (χ1v) is 4.93. The molecule has 0 radical (unpaired) electrons. The number of aromatic nitrogens is 4. The van der Waals surface area contributed by atoms with Crippen LogP contribution in [0.1, 0.15) is 12.5 Å². The average molecular weight is 220 g/mol. The molecule has 2 aromatic heterocycles. The van der Waals surface area contributed by atoms with Crippen LogP contribution in [0.5, 0.6) is 5.88 Å². The van der Waals surface area contributed by atoms with E-state index >= 15 is 0 Å². The van der Waals surface area contributed by atoms with Crippen molar-refractivity contribution in [2.75, 3.05) is 0 Å². The SMILES string of the molecule is CCc1c(O)nc(-c2cnn(C)c2)[nH]c1=O. The fourth-order valence-corrected chi connectivity index (χ4v) is 1.48. The third kappa shape index (κ3) is 1.69. The minimum atomic E-state index is -0.311. The van der Waals surface area contributed by atoms with E-state index in [2.05, 4.69) is 15.1 Å². The molecule has 6 nitrogen and oxygen atoms in total. The molecular formula is C10H12N4O2. The summed E-state index contributed by atoms with van der Waals surface area (Å²) in [4.78, 5) is 18.1. The van der Waals surface area contributed by atoms with Crippen LogP contribution in [-0.4, -0.2) is 24.9 Å². The third-order valence-electron chi connectivity index (χ3n) is 2.33. The molecule has 16 heavy (non-hydrogen) atoms. The van der Waals surface area contributed by atoms with Crippen molar-refractivity contribution in [3.05, 3.63) is 28.3 Å². The summed E-state index contributed by atoms with van der Waals surface area (Å²) in [5.41, 5.74) is 0.652. The average Bonchev–Trinajstić information content (AvgIpc) is 2.64. The number of nitrogens with zero attached hydrogens (tertiary/aromatic N) is 3. The van der Waals surface area contributed by atoms with Gasteiger partial charge in [0.1, 0.15) is 5.82 Å². The number of hydrogen-bond donors (Lipinski definition) is 2. The fourth-order valence-electron chi connectivity index (χ4n) is 1.48. The van der Waals surface area contributed by atoms with Gasteiger partial charge in [-0.05, 0) is 6.42 Å². The zero-order valence-electron chi connectivity index (χ0n) is 9.06. The van der Waals surface area contributed by atoms with Gasteiger partial charge in [-0.25, -0.2) is 0 Å². The summed E-state index contributed by atoms with van der Waals surface area (Å²) in [7, 11) is 1.77. The topological polar surface area (TPSA) is 83.8 Å². The van der Waals surface area contributed by atoms with Crippen molar-refractivity contribution in [1.29, 1.82) is 0 Å². The second kappa shape index (κ2) is 3.80. The molecule has 84 valence electrons. The van der Waals surface area contributed by atoms with Gasteiger partial charge in [0.05, 0.1) is 17.3 Å². The maximum atomic E-state index is 11.6. The van der Waals surface area contributed by atoms with E-state index in [4.69, 9.17) is 0 Å². The van der Waals surface area contributed by atoms with E-state index in [0.717, 1.165) is 0 Å². The Morgan fingerprint density at radius 1 is 1.56 bits per heavy atom. The van der Waals surface area contributed by atoms with Crippen LogP contribution >= 0.6 is 0 Å². The Morgan fingerprint density at radius 3 is 2.81 bits per heavy atom. The van der Waals surface area contributed by atoms with Crippen LogP contribution in [0.15, 0.2) is 17.2 Å². The van der Waals surface area contributed by atoms with Gasteiger partial charge in [-0.15, -0.1) is 0 Å². The Kier molecular flexibility index (Phi) is 2.47. The normalized spacial score (nSPS) is 10.6. The summed E-state index contributed by atoms with van der Waals surface area (Å²) in [6.45, 7) is 1.79. The number of nitrogens with one attached hydrogen (secondary N) is 1. The molecule has 0 aromatic carbocycles. The fraction of sp³-hybridized carbons (Fsp3) is 0.300. The molecule has 0 unspecified atom stereocenters. The van der Waals surface area contributed by atoms with E-state index in [1.54, 1.807) is 31.0 Å². The van der Waals surface area contributed by atoms with Crippen molar-refractivity contribution in [2.45, 2.75) is 13.3 Å². The molecule has 0 bridgehead atoms. The largest absolute Gasteiger partial charge is 0.493 e. The number of aromatic hydroxyl groups is 1. The van der Waals surface area contributed by atoms with Crippen LogP contribution in [-0.2, 0) is 13.5 Å². The van der Waals surface area contributed by atoms with Gasteiger partial charge in [0.15, 0.2) is 0 Å². The summed E-state index contributed by atoms with van der Waals surface area (Å²) >= 11 is 0. The zero-order chi connectivity index (χ0) is 11.7. The minimum Gasteiger partial charge on any atom is -0.493 e. The summed E-state index contributed by atoms with van der Waals surface area (Å²) in [5.74, 6) is 0.109. The quantitative estimate of drug-likeness (QED) is 0.769. The lowest BCUT2D eigenvalue weighted by Crippen LogP contribution is -2.14. The first kappa shape index (κ1) is 10.4. The summed E-state index contributed by atoms with van der Waals surface area (Å²) < 4.78 is 1.60. The van der Waals surface area contributed by atoms with Gasteiger partial charge in [0.2, 0.25) is 5.88 Å². The summed E-state index contributed by atoms with van der Waals surface area (Å²) in [6, 6.07) is 0. The molecule has 2 N–H and O–H groups in total. The number of rotatable bonds is 2. The van der Waals surface area contributed by atoms with E-state index in [0.29, 0.717) is 23.4 Å². The van der Waals surface area contributed by atoms with Crippen LogP contribution in [0, 0.1) is 0 Å². The molecule has 2 rings (SSSR count). The molecule has 0 aliphatic rings. The van der Waals surface area contributed by atoms with E-state index < -0.39 is 0 Å². The van der Waals surface area contributed by atoms with Crippen LogP contribution in [0.4, 0.5) is 0 Å². The predicted molar refractivity (Wildman–Crippen MR) is 58.1 cm³/mol. The highest BCUT2D eigenvalue weighted by Gasteiger charge is 2.10. The Labute approximate surface area is 91.6 Å². The van der Waals surface area contributed by atoms with Crippen LogP contribution in [0.3, 0.4) is 0 Å². The Balaban J connectivity index is 2.56. The molecule has 6 heteroatoms. The number of aromatic amines is 1. The smallest absolute Gasteiger partial charge is 0.258 e. The standard InChI is InChI=1S/C10H12N4O2/c1-3-7-9(15)12-8(13-10(7)16)6-4-11-14(2)5-6/h4-5H,3H2,1-2H3,(H2,12,13,15,16). The highest BCUT2D eigenvalue weighted by atomic mass is 16.3. The Hall–Kier alpha value is -2.11. The van der Waals surface area contributed by atoms with Crippen LogP contribution < -0.4 is 5.56 Å². The van der Waals surface area contributed by atoms with Gasteiger partial charge in [-0.3, -0.25) is 9.48 Å². The van der Waals surface area contributed by atoms with E-state index in [-0.39, 0.29) is 11.4 Å². The molecule has 2 aromatic rings. The molecule has 0 atom stereocenters. The van der Waals surface area contributed by atoms with Crippen LogP contribution in [0.25, 0.3) is 11.4 Å². The lowest BCUT2D eigenvalue weighted by Gasteiger charge is -2.01. The molecule has 2 heterocycles. The number of aryl methyl sites for hydroxylation is 1. The van der Waals surface area contributed by atoms with Gasteiger partial charge < -0.3 is 10.1 Å². The van der Waals surface area contributed by atoms with Crippen molar-refractivity contribution >= 4 is 0 Å². The zero-order valence-corrected chi connectivity index (χ0v) is 9.06. The highest BCUT2D eigenvalue weighted by Crippen LogP contribution is 2.16. The molecule has 0 amide bonds. The van der Waals surface area contributed by atoms with Crippen molar-refractivity contribution in [1.82, 2.24) is 19.7 Å². The van der Waals surface area contributed by atoms with Gasteiger partial charge in [0, 0.05) is 13.2 Å². The van der Waals surface area contributed by atoms with Gasteiger partial charge in [-0.2, -0.15) is 10.1 Å². The Morgan fingerprint density at radius 2 is 2.31 bits per heavy atom. The third-order valence-corrected chi connectivity index (χ3v) is 2.33. The second-order valence-corrected chi connectivity index (χ2v) is 3.47. The molecule has 0 fully saturated rings. The molecule has 0 spiro atoms. The summed E-state index contributed by atoms with van der Waals surface area (Å²) in [5, 5.41) is 13.5. The molecule has 0 aliphatic heterocycles.